The zero-order valence-corrected chi connectivity index (χ0v) is 15.3. The molecule has 3 aromatic carbocycles. The summed E-state index contributed by atoms with van der Waals surface area (Å²) in [6.07, 6.45) is 4.32. The molecule has 0 radical (unpaired) electrons. The van der Waals surface area contributed by atoms with E-state index in [0.717, 1.165) is 19.3 Å². The normalized spacial score (nSPS) is 16.3. The number of hydrogen-bond acceptors (Lipinski definition) is 1. The van der Waals surface area contributed by atoms with Crippen LogP contribution in [0.3, 0.4) is 0 Å². The third-order valence-corrected chi connectivity index (χ3v) is 5.25. The van der Waals surface area contributed by atoms with E-state index >= 15 is 0 Å². The maximum absolute atomic E-state index is 6.36. The highest BCUT2D eigenvalue weighted by atomic mass is 16.5. The van der Waals surface area contributed by atoms with E-state index in [1.165, 1.54) is 33.9 Å². The molecule has 1 aliphatic carbocycles. The van der Waals surface area contributed by atoms with Crippen molar-refractivity contribution >= 4 is 0 Å². The molecule has 0 N–H and O–H groups in total. The fraction of sp³-hybridized carbons (Fsp3) is 0.240. The van der Waals surface area contributed by atoms with Crippen LogP contribution in [0.15, 0.2) is 78.9 Å². The molecule has 3 aromatic rings. The Morgan fingerprint density at radius 2 is 1.58 bits per heavy atom. The van der Waals surface area contributed by atoms with Gasteiger partial charge >= 0.3 is 0 Å². The molecule has 0 amide bonds. The van der Waals surface area contributed by atoms with Crippen LogP contribution in [0, 0.1) is 13.0 Å². The highest BCUT2D eigenvalue weighted by Gasteiger charge is 2.41. The van der Waals surface area contributed by atoms with E-state index in [1.807, 2.05) is 6.07 Å². The molecule has 1 nitrogen and oxygen atoms in total. The Balaban J connectivity index is 1.58. The number of aryl methyl sites for hydroxylation is 2. The van der Waals surface area contributed by atoms with Gasteiger partial charge in [-0.05, 0) is 23.6 Å². The SMILES string of the molecule is Cc1ccc2c(c1)CC[C+](OCc1ccccc1)C2Cc1ccccc1. The van der Waals surface area contributed by atoms with Crippen molar-refractivity contribution in [2.45, 2.75) is 38.7 Å². The Bertz CT molecular complexity index is 839. The van der Waals surface area contributed by atoms with Crippen molar-refractivity contribution in [3.8, 4) is 0 Å². The van der Waals surface area contributed by atoms with E-state index in [4.69, 9.17) is 4.74 Å². The van der Waals surface area contributed by atoms with Crippen LogP contribution in [0.5, 0.6) is 0 Å². The second-order valence-electron chi connectivity index (χ2n) is 7.19. The van der Waals surface area contributed by atoms with E-state index in [2.05, 4.69) is 79.7 Å². The maximum Gasteiger partial charge on any atom is 0.249 e. The third-order valence-electron chi connectivity index (χ3n) is 5.25. The summed E-state index contributed by atoms with van der Waals surface area (Å²) in [5, 5.41) is 0. The third kappa shape index (κ3) is 3.84. The fourth-order valence-electron chi connectivity index (χ4n) is 3.89. The summed E-state index contributed by atoms with van der Waals surface area (Å²) >= 11 is 0. The Hall–Kier alpha value is -2.51. The second kappa shape index (κ2) is 7.80. The maximum atomic E-state index is 6.36. The van der Waals surface area contributed by atoms with Crippen molar-refractivity contribution < 1.29 is 4.74 Å². The van der Waals surface area contributed by atoms with Gasteiger partial charge in [0.05, 0.1) is 0 Å². The molecule has 26 heavy (non-hydrogen) atoms. The zero-order chi connectivity index (χ0) is 17.8. The molecule has 0 spiro atoms. The highest BCUT2D eigenvalue weighted by molar-refractivity contribution is 5.40. The molecule has 0 aromatic heterocycles. The fourth-order valence-corrected chi connectivity index (χ4v) is 3.89. The first-order valence-corrected chi connectivity index (χ1v) is 9.45. The Labute approximate surface area is 156 Å². The van der Waals surface area contributed by atoms with Crippen LogP contribution in [-0.2, 0) is 24.2 Å². The van der Waals surface area contributed by atoms with Crippen molar-refractivity contribution in [2.24, 2.45) is 0 Å². The molecule has 1 heteroatoms. The first kappa shape index (κ1) is 16.9. The largest absolute Gasteiger partial charge is 0.249 e. The molecular formula is C25H25O+. The summed E-state index contributed by atoms with van der Waals surface area (Å²) in [4.78, 5) is 0. The second-order valence-corrected chi connectivity index (χ2v) is 7.19. The first-order chi connectivity index (χ1) is 12.8. The van der Waals surface area contributed by atoms with Gasteiger partial charge in [0.1, 0.15) is 13.0 Å². The van der Waals surface area contributed by atoms with Gasteiger partial charge in [0.25, 0.3) is 0 Å². The van der Waals surface area contributed by atoms with Crippen molar-refractivity contribution in [1.29, 1.82) is 0 Å². The van der Waals surface area contributed by atoms with Crippen LogP contribution in [0.4, 0.5) is 0 Å². The van der Waals surface area contributed by atoms with Crippen molar-refractivity contribution in [2.75, 3.05) is 0 Å². The quantitative estimate of drug-likeness (QED) is 0.516. The van der Waals surface area contributed by atoms with E-state index in [9.17, 15) is 0 Å². The molecule has 1 aliphatic rings. The van der Waals surface area contributed by atoms with Gasteiger partial charge < -0.3 is 0 Å². The van der Waals surface area contributed by atoms with Crippen molar-refractivity contribution in [1.82, 2.24) is 0 Å². The molecule has 0 fully saturated rings. The highest BCUT2D eigenvalue weighted by Crippen LogP contribution is 2.41. The standard InChI is InChI=1S/C25H25O/c1-19-12-14-23-22(16-19)13-15-25(26-18-21-10-6-3-7-11-21)24(23)17-20-8-4-2-5-9-20/h2-12,14,16,24H,13,15,17-18H2,1H3/q+1. The van der Waals surface area contributed by atoms with Gasteiger partial charge in [-0.15, -0.1) is 0 Å². The zero-order valence-electron chi connectivity index (χ0n) is 15.3. The van der Waals surface area contributed by atoms with Gasteiger partial charge in [-0.1, -0.05) is 84.4 Å². The summed E-state index contributed by atoms with van der Waals surface area (Å²) in [6, 6.07) is 28.1. The lowest BCUT2D eigenvalue weighted by molar-refractivity contribution is 0.0979. The molecule has 0 heterocycles. The topological polar surface area (TPSA) is 9.23 Å². The van der Waals surface area contributed by atoms with Crippen molar-refractivity contribution in [3.63, 3.8) is 0 Å². The lowest BCUT2D eigenvalue weighted by atomic mass is 9.77. The van der Waals surface area contributed by atoms with Gasteiger partial charge in [0.2, 0.25) is 6.10 Å². The molecule has 1 atom stereocenters. The molecule has 4 rings (SSSR count). The van der Waals surface area contributed by atoms with Crippen LogP contribution >= 0.6 is 0 Å². The lowest BCUT2D eigenvalue weighted by Gasteiger charge is -2.24. The van der Waals surface area contributed by atoms with Gasteiger partial charge in [0.15, 0.2) is 5.92 Å². The van der Waals surface area contributed by atoms with Crippen LogP contribution in [0.25, 0.3) is 0 Å². The molecule has 0 aliphatic heterocycles. The van der Waals surface area contributed by atoms with E-state index in [0.29, 0.717) is 12.5 Å². The molecule has 0 bridgehead atoms. The monoisotopic (exact) mass is 341 g/mol. The summed E-state index contributed by atoms with van der Waals surface area (Å²) in [7, 11) is 0. The summed E-state index contributed by atoms with van der Waals surface area (Å²) in [5.74, 6) is 0.338. The number of fused-ring (bicyclic) bond motifs is 1. The summed E-state index contributed by atoms with van der Waals surface area (Å²) in [6.45, 7) is 2.83. The minimum absolute atomic E-state index is 0.338. The van der Waals surface area contributed by atoms with E-state index in [-0.39, 0.29) is 0 Å². The Kier molecular flexibility index (Phi) is 5.08. The van der Waals surface area contributed by atoms with Crippen LogP contribution in [0.1, 0.15) is 40.2 Å². The van der Waals surface area contributed by atoms with Crippen LogP contribution < -0.4 is 0 Å². The van der Waals surface area contributed by atoms with Gasteiger partial charge in [0, 0.05) is 18.4 Å². The van der Waals surface area contributed by atoms with E-state index in [1.54, 1.807) is 0 Å². The predicted molar refractivity (Wildman–Crippen MR) is 107 cm³/mol. The Morgan fingerprint density at radius 1 is 0.885 bits per heavy atom. The van der Waals surface area contributed by atoms with Gasteiger partial charge in [-0.3, -0.25) is 0 Å². The average molecular weight is 341 g/mol. The van der Waals surface area contributed by atoms with Crippen molar-refractivity contribution in [3.05, 3.63) is 113 Å². The molecule has 0 saturated carbocycles. The number of ether oxygens (including phenoxy) is 1. The minimum atomic E-state index is 0.338. The molecule has 0 saturated heterocycles. The lowest BCUT2D eigenvalue weighted by Crippen LogP contribution is -2.23. The Morgan fingerprint density at radius 3 is 2.31 bits per heavy atom. The first-order valence-electron chi connectivity index (χ1n) is 9.45. The molecule has 130 valence electrons. The van der Waals surface area contributed by atoms with Crippen LogP contribution in [0.2, 0.25) is 0 Å². The molecular weight excluding hydrogens is 316 g/mol. The summed E-state index contributed by atoms with van der Waals surface area (Å²) < 4.78 is 6.36. The average Bonchev–Trinajstić information content (AvgIpc) is 2.69. The van der Waals surface area contributed by atoms with Gasteiger partial charge in [-0.25, -0.2) is 0 Å². The smallest absolute Gasteiger partial charge is 0.188 e. The van der Waals surface area contributed by atoms with Crippen LogP contribution in [-0.4, -0.2) is 0 Å². The molecule has 1 unspecified atom stereocenters. The minimum Gasteiger partial charge on any atom is -0.188 e. The van der Waals surface area contributed by atoms with E-state index < -0.39 is 0 Å². The predicted octanol–water partition coefficient (Wildman–Crippen LogP) is 6.02. The number of benzene rings is 3. The van der Waals surface area contributed by atoms with Gasteiger partial charge in [-0.2, -0.15) is 4.74 Å². The number of rotatable bonds is 5. The number of hydrogen-bond donors (Lipinski definition) is 0. The summed E-state index contributed by atoms with van der Waals surface area (Å²) in [5.41, 5.74) is 6.86.